The number of nitrogens with zero attached hydrogens (tertiary/aromatic N) is 2. The molecule has 1 aromatic carbocycles. The Bertz CT molecular complexity index is 1080. The number of hydrogen-bond donors (Lipinski definition) is 2. The van der Waals surface area contributed by atoms with Crippen molar-refractivity contribution in [3.63, 3.8) is 0 Å². The minimum absolute atomic E-state index is 0.0693. The molecule has 0 saturated carbocycles. The van der Waals surface area contributed by atoms with Gasteiger partial charge in [-0.05, 0) is 25.8 Å². The van der Waals surface area contributed by atoms with E-state index in [1.54, 1.807) is 7.11 Å². The zero-order valence-corrected chi connectivity index (χ0v) is 20.2. The first kappa shape index (κ1) is 24.4. The summed E-state index contributed by atoms with van der Waals surface area (Å²) < 4.78 is 11.0. The number of methoxy groups -OCH3 is 1. The van der Waals surface area contributed by atoms with Gasteiger partial charge in [-0.15, -0.1) is 11.3 Å². The third-order valence-electron chi connectivity index (χ3n) is 4.98. The summed E-state index contributed by atoms with van der Waals surface area (Å²) in [6.45, 7) is 10.1. The topological polar surface area (TPSA) is 87.7 Å². The number of benzene rings is 1. The normalized spacial score (nSPS) is 12.9. The van der Waals surface area contributed by atoms with E-state index in [2.05, 4.69) is 23.7 Å². The van der Waals surface area contributed by atoms with E-state index < -0.39 is 6.10 Å². The Balaban J connectivity index is 1.86. The molecule has 0 unspecified atom stereocenters. The Kier molecular flexibility index (Phi) is 8.42. The van der Waals surface area contributed by atoms with E-state index >= 15 is 0 Å². The molecule has 2 N–H and O–H groups in total. The standard InChI is InChI=1S/C24H33N3O4S/c1-15(2)10-27(11-17(28)13-31-16(3)4)12-21-25-23(29)22-19(14-32-24(22)26-21)18-8-6-7-9-20(18)30-5/h6-9,14-17,28H,10-13H2,1-5H3,(H,25,26,29)/t17-/m1/s1. The monoisotopic (exact) mass is 459 g/mol. The van der Waals surface area contributed by atoms with Crippen molar-refractivity contribution in [1.82, 2.24) is 14.9 Å². The number of fused-ring (bicyclic) bond motifs is 1. The van der Waals surface area contributed by atoms with Crippen molar-refractivity contribution in [2.24, 2.45) is 5.92 Å². The van der Waals surface area contributed by atoms with Crippen LogP contribution < -0.4 is 10.3 Å². The number of ether oxygens (including phenoxy) is 2. The predicted molar refractivity (Wildman–Crippen MR) is 129 cm³/mol. The maximum absolute atomic E-state index is 13.0. The number of rotatable bonds is 11. The van der Waals surface area contributed by atoms with Crippen LogP contribution in [0.5, 0.6) is 5.75 Å². The fourth-order valence-electron chi connectivity index (χ4n) is 3.72. The maximum atomic E-state index is 13.0. The van der Waals surface area contributed by atoms with E-state index in [-0.39, 0.29) is 18.3 Å². The molecule has 8 heteroatoms. The molecule has 0 aliphatic rings. The van der Waals surface area contributed by atoms with Crippen LogP contribution in [-0.4, -0.2) is 59.0 Å². The number of H-pyrrole nitrogens is 1. The number of aromatic amines is 1. The van der Waals surface area contributed by atoms with Gasteiger partial charge in [-0.1, -0.05) is 32.0 Å². The van der Waals surface area contributed by atoms with Gasteiger partial charge in [0.2, 0.25) is 0 Å². The Hall–Kier alpha value is -2.26. The molecule has 0 saturated heterocycles. The summed E-state index contributed by atoms with van der Waals surface area (Å²) >= 11 is 1.45. The summed E-state index contributed by atoms with van der Waals surface area (Å²) in [6, 6.07) is 7.66. The van der Waals surface area contributed by atoms with Gasteiger partial charge in [0.15, 0.2) is 0 Å². The third-order valence-corrected chi connectivity index (χ3v) is 5.85. The van der Waals surface area contributed by atoms with Gasteiger partial charge in [-0.2, -0.15) is 0 Å². The van der Waals surface area contributed by atoms with Crippen molar-refractivity contribution >= 4 is 21.6 Å². The Labute approximate surface area is 193 Å². The van der Waals surface area contributed by atoms with Crippen LogP contribution in [0.15, 0.2) is 34.4 Å². The molecule has 0 aliphatic carbocycles. The first-order valence-corrected chi connectivity index (χ1v) is 11.8. The first-order chi connectivity index (χ1) is 15.3. The summed E-state index contributed by atoms with van der Waals surface area (Å²) in [5.74, 6) is 1.72. The van der Waals surface area contributed by atoms with E-state index in [0.29, 0.717) is 35.0 Å². The summed E-state index contributed by atoms with van der Waals surface area (Å²) in [5.41, 5.74) is 1.53. The van der Waals surface area contributed by atoms with E-state index in [0.717, 1.165) is 23.4 Å². The predicted octanol–water partition coefficient (Wildman–Crippen LogP) is 3.90. The van der Waals surface area contributed by atoms with Crippen LogP contribution in [0.25, 0.3) is 21.3 Å². The van der Waals surface area contributed by atoms with Gasteiger partial charge in [0.25, 0.3) is 5.56 Å². The van der Waals surface area contributed by atoms with E-state index in [4.69, 9.17) is 14.5 Å². The maximum Gasteiger partial charge on any atom is 0.260 e. The minimum Gasteiger partial charge on any atom is -0.496 e. The van der Waals surface area contributed by atoms with Gasteiger partial charge in [-0.3, -0.25) is 9.69 Å². The number of aliphatic hydroxyl groups excluding tert-OH is 1. The molecular formula is C24H33N3O4S. The van der Waals surface area contributed by atoms with Crippen LogP contribution in [0.1, 0.15) is 33.5 Å². The fourth-order valence-corrected chi connectivity index (χ4v) is 4.68. The lowest BCUT2D eigenvalue weighted by molar-refractivity contribution is -0.0111. The number of hydrogen-bond acceptors (Lipinski definition) is 7. The quantitative estimate of drug-likeness (QED) is 0.452. The molecule has 174 valence electrons. The van der Waals surface area contributed by atoms with Crippen LogP contribution in [0, 0.1) is 5.92 Å². The van der Waals surface area contributed by atoms with Gasteiger partial charge in [0.05, 0.1) is 37.9 Å². The average molecular weight is 460 g/mol. The number of para-hydroxylation sites is 1. The van der Waals surface area contributed by atoms with Crippen molar-refractivity contribution in [2.75, 3.05) is 26.8 Å². The molecular weight excluding hydrogens is 426 g/mol. The minimum atomic E-state index is -0.606. The summed E-state index contributed by atoms with van der Waals surface area (Å²) in [5, 5.41) is 12.9. The highest BCUT2D eigenvalue weighted by Gasteiger charge is 2.19. The Morgan fingerprint density at radius 3 is 2.59 bits per heavy atom. The molecule has 32 heavy (non-hydrogen) atoms. The van der Waals surface area contributed by atoms with E-state index in [1.807, 2.05) is 43.5 Å². The van der Waals surface area contributed by atoms with Crippen LogP contribution in [0.4, 0.5) is 0 Å². The molecule has 1 atom stereocenters. The zero-order chi connectivity index (χ0) is 23.3. The van der Waals surface area contributed by atoms with Crippen molar-refractivity contribution in [3.05, 3.63) is 45.8 Å². The zero-order valence-electron chi connectivity index (χ0n) is 19.4. The smallest absolute Gasteiger partial charge is 0.260 e. The van der Waals surface area contributed by atoms with E-state index in [9.17, 15) is 9.90 Å². The van der Waals surface area contributed by atoms with Gasteiger partial charge >= 0.3 is 0 Å². The number of thiophene rings is 1. The van der Waals surface area contributed by atoms with Gasteiger partial charge in [-0.25, -0.2) is 4.98 Å². The first-order valence-electron chi connectivity index (χ1n) is 10.9. The Morgan fingerprint density at radius 2 is 1.91 bits per heavy atom. The number of aliphatic hydroxyl groups is 1. The lowest BCUT2D eigenvalue weighted by Crippen LogP contribution is -2.38. The SMILES string of the molecule is COc1ccccc1-c1csc2nc(CN(CC(C)C)C[C@@H](O)COC(C)C)[nH]c(=O)c12. The second-order valence-corrected chi connectivity index (χ2v) is 9.52. The van der Waals surface area contributed by atoms with Crippen molar-refractivity contribution in [3.8, 4) is 16.9 Å². The van der Waals surface area contributed by atoms with E-state index in [1.165, 1.54) is 11.3 Å². The summed E-state index contributed by atoms with van der Waals surface area (Å²) in [4.78, 5) is 23.5. The van der Waals surface area contributed by atoms with Crippen molar-refractivity contribution in [1.29, 1.82) is 0 Å². The highest BCUT2D eigenvalue weighted by Crippen LogP contribution is 2.36. The molecule has 0 bridgehead atoms. The molecule has 0 aliphatic heterocycles. The highest BCUT2D eigenvalue weighted by molar-refractivity contribution is 7.17. The molecule has 0 radical (unpaired) electrons. The van der Waals surface area contributed by atoms with Crippen molar-refractivity contribution < 1.29 is 14.6 Å². The summed E-state index contributed by atoms with van der Waals surface area (Å²) in [7, 11) is 1.62. The van der Waals surface area contributed by atoms with Gasteiger partial charge in [0.1, 0.15) is 16.4 Å². The second kappa shape index (κ2) is 11.0. The van der Waals surface area contributed by atoms with Crippen LogP contribution in [0.2, 0.25) is 0 Å². The lowest BCUT2D eigenvalue weighted by Gasteiger charge is -2.26. The fraction of sp³-hybridized carbons (Fsp3) is 0.500. The third kappa shape index (κ3) is 6.16. The molecule has 7 nitrogen and oxygen atoms in total. The highest BCUT2D eigenvalue weighted by atomic mass is 32.1. The van der Waals surface area contributed by atoms with Crippen molar-refractivity contribution in [2.45, 2.75) is 46.4 Å². The number of nitrogens with one attached hydrogen (secondary N) is 1. The van der Waals surface area contributed by atoms with Gasteiger partial charge < -0.3 is 19.6 Å². The molecule has 0 spiro atoms. The Morgan fingerprint density at radius 1 is 1.16 bits per heavy atom. The van der Waals surface area contributed by atoms with Gasteiger partial charge in [0, 0.05) is 29.6 Å². The molecule has 2 aromatic heterocycles. The van der Waals surface area contributed by atoms with Crippen LogP contribution in [0.3, 0.4) is 0 Å². The molecule has 2 heterocycles. The van der Waals surface area contributed by atoms with Crippen LogP contribution in [-0.2, 0) is 11.3 Å². The lowest BCUT2D eigenvalue weighted by atomic mass is 10.1. The molecule has 0 amide bonds. The molecule has 3 aromatic rings. The largest absolute Gasteiger partial charge is 0.496 e. The molecule has 0 fully saturated rings. The number of aromatic nitrogens is 2. The summed E-state index contributed by atoms with van der Waals surface area (Å²) in [6.07, 6.45) is -0.537. The molecule has 3 rings (SSSR count). The second-order valence-electron chi connectivity index (χ2n) is 8.67. The van der Waals surface area contributed by atoms with Crippen LogP contribution >= 0.6 is 11.3 Å². The average Bonchev–Trinajstić information content (AvgIpc) is 3.16.